The molecule has 3 rings (SSSR count). The molecule has 0 amide bonds. The molecule has 1 heterocycles. The summed E-state index contributed by atoms with van der Waals surface area (Å²) in [6, 6.07) is 10.6. The van der Waals surface area contributed by atoms with Crippen molar-refractivity contribution in [3.05, 3.63) is 41.7 Å². The summed E-state index contributed by atoms with van der Waals surface area (Å²) in [5.74, 6) is 1.87. The van der Waals surface area contributed by atoms with Crippen molar-refractivity contribution in [2.75, 3.05) is 5.75 Å². The summed E-state index contributed by atoms with van der Waals surface area (Å²) in [7, 11) is -0.912. The lowest BCUT2D eigenvalue weighted by Gasteiger charge is -2.03. The van der Waals surface area contributed by atoms with Crippen molar-refractivity contribution in [3.8, 4) is 0 Å². The fourth-order valence-corrected chi connectivity index (χ4v) is 3.09. The number of aryl methyl sites for hydroxylation is 1. The Bertz CT molecular complexity index is 565. The number of tetrazole rings is 1. The molecule has 1 aromatic carbocycles. The van der Waals surface area contributed by atoms with E-state index in [-0.39, 0.29) is 0 Å². The predicted molar refractivity (Wildman–Crippen MR) is 72.9 cm³/mol. The van der Waals surface area contributed by atoms with E-state index in [1.165, 1.54) is 5.56 Å². The zero-order valence-electron chi connectivity index (χ0n) is 10.6. The molecule has 1 aliphatic rings. The molecular weight excluding hydrogens is 260 g/mol. The van der Waals surface area contributed by atoms with Crippen LogP contribution < -0.4 is 0 Å². The van der Waals surface area contributed by atoms with Crippen LogP contribution in [0.5, 0.6) is 0 Å². The lowest BCUT2D eigenvalue weighted by molar-refractivity contribution is 0.591. The van der Waals surface area contributed by atoms with Crippen LogP contribution in [-0.4, -0.2) is 30.2 Å². The highest BCUT2D eigenvalue weighted by Crippen LogP contribution is 2.34. The van der Waals surface area contributed by atoms with Crippen LogP contribution >= 0.6 is 0 Å². The van der Waals surface area contributed by atoms with Gasteiger partial charge in [-0.25, -0.2) is 4.68 Å². The first-order valence-corrected chi connectivity index (χ1v) is 7.97. The second-order valence-electron chi connectivity index (χ2n) is 4.79. The van der Waals surface area contributed by atoms with Gasteiger partial charge in [0.2, 0.25) is 0 Å². The van der Waals surface area contributed by atoms with Crippen LogP contribution in [-0.2, 0) is 23.0 Å². The van der Waals surface area contributed by atoms with Crippen LogP contribution in [0.1, 0.15) is 30.3 Å². The van der Waals surface area contributed by atoms with E-state index in [9.17, 15) is 4.21 Å². The summed E-state index contributed by atoms with van der Waals surface area (Å²) in [6.07, 6.45) is 3.10. The van der Waals surface area contributed by atoms with Crippen LogP contribution in [0.3, 0.4) is 0 Å². The second-order valence-corrected chi connectivity index (χ2v) is 6.37. The first kappa shape index (κ1) is 12.5. The van der Waals surface area contributed by atoms with E-state index < -0.39 is 10.8 Å². The van der Waals surface area contributed by atoms with Gasteiger partial charge in [0.1, 0.15) is 0 Å². The van der Waals surface area contributed by atoms with Gasteiger partial charge in [0.15, 0.2) is 5.82 Å². The van der Waals surface area contributed by atoms with Crippen molar-refractivity contribution in [1.82, 2.24) is 20.2 Å². The van der Waals surface area contributed by atoms with Crippen LogP contribution in [0.15, 0.2) is 30.3 Å². The summed E-state index contributed by atoms with van der Waals surface area (Å²) in [5, 5.41) is 11.6. The van der Waals surface area contributed by atoms with Crippen LogP contribution in [0.4, 0.5) is 0 Å². The van der Waals surface area contributed by atoms with Gasteiger partial charge >= 0.3 is 0 Å². The van der Waals surface area contributed by atoms with Gasteiger partial charge < -0.3 is 0 Å². The Balaban J connectivity index is 1.55. The van der Waals surface area contributed by atoms with Gasteiger partial charge in [-0.15, -0.1) is 5.10 Å². The summed E-state index contributed by atoms with van der Waals surface area (Å²) < 4.78 is 13.9. The third-order valence-corrected chi connectivity index (χ3v) is 4.44. The topological polar surface area (TPSA) is 60.7 Å². The van der Waals surface area contributed by atoms with Gasteiger partial charge in [-0.05, 0) is 35.3 Å². The lowest BCUT2D eigenvalue weighted by atomic mass is 10.2. The molecule has 1 aliphatic carbocycles. The smallest absolute Gasteiger partial charge is 0.164 e. The molecule has 1 aromatic heterocycles. The number of hydrogen-bond acceptors (Lipinski definition) is 4. The molecule has 1 unspecified atom stereocenters. The molecule has 5 nitrogen and oxygen atoms in total. The Morgan fingerprint density at radius 3 is 2.79 bits per heavy atom. The SMILES string of the molecule is O=S(CCc1ccccc1)Cc1nnnn1C1CC1. The zero-order valence-corrected chi connectivity index (χ0v) is 11.4. The predicted octanol–water partition coefficient (Wildman–Crippen LogP) is 1.50. The molecule has 1 atom stereocenters. The van der Waals surface area contributed by atoms with E-state index in [1.807, 2.05) is 22.9 Å². The largest absolute Gasteiger partial charge is 0.259 e. The Morgan fingerprint density at radius 2 is 2.05 bits per heavy atom. The van der Waals surface area contributed by atoms with E-state index in [4.69, 9.17) is 0 Å². The summed E-state index contributed by atoms with van der Waals surface area (Å²) in [4.78, 5) is 0. The van der Waals surface area contributed by atoms with E-state index in [1.54, 1.807) is 0 Å². The molecule has 0 aliphatic heterocycles. The standard InChI is InChI=1S/C13H16N4OS/c18-19(9-8-11-4-2-1-3-5-11)10-13-14-15-16-17(13)12-6-7-12/h1-5,12H,6-10H2. The molecule has 1 saturated carbocycles. The maximum absolute atomic E-state index is 12.1. The van der Waals surface area contributed by atoms with Gasteiger partial charge in [0.25, 0.3) is 0 Å². The minimum absolute atomic E-state index is 0.441. The van der Waals surface area contributed by atoms with Gasteiger partial charge in [-0.1, -0.05) is 30.3 Å². The molecule has 0 bridgehead atoms. The molecule has 2 aromatic rings. The minimum Gasteiger partial charge on any atom is -0.259 e. The highest BCUT2D eigenvalue weighted by molar-refractivity contribution is 7.84. The quantitative estimate of drug-likeness (QED) is 0.802. The Morgan fingerprint density at radius 1 is 1.26 bits per heavy atom. The van der Waals surface area contributed by atoms with Crippen molar-refractivity contribution in [3.63, 3.8) is 0 Å². The average Bonchev–Trinajstić information content (AvgIpc) is 3.18. The maximum atomic E-state index is 12.1. The van der Waals surface area contributed by atoms with Gasteiger partial charge in [-0.3, -0.25) is 4.21 Å². The molecular formula is C13H16N4OS. The zero-order chi connectivity index (χ0) is 13.1. The Kier molecular flexibility index (Phi) is 3.68. The van der Waals surface area contributed by atoms with E-state index in [0.29, 0.717) is 17.5 Å². The van der Waals surface area contributed by atoms with Crippen LogP contribution in [0.25, 0.3) is 0 Å². The first-order chi connectivity index (χ1) is 9.33. The Labute approximate surface area is 114 Å². The summed E-state index contributed by atoms with van der Waals surface area (Å²) in [5.41, 5.74) is 1.22. The van der Waals surface area contributed by atoms with Crippen molar-refractivity contribution < 1.29 is 4.21 Å². The third-order valence-electron chi connectivity index (χ3n) is 3.21. The van der Waals surface area contributed by atoms with Gasteiger partial charge in [-0.2, -0.15) is 0 Å². The fraction of sp³-hybridized carbons (Fsp3) is 0.462. The normalized spacial score (nSPS) is 16.4. The monoisotopic (exact) mass is 276 g/mol. The highest BCUT2D eigenvalue weighted by Gasteiger charge is 2.28. The van der Waals surface area contributed by atoms with Crippen LogP contribution in [0.2, 0.25) is 0 Å². The van der Waals surface area contributed by atoms with E-state index in [0.717, 1.165) is 25.1 Å². The molecule has 100 valence electrons. The van der Waals surface area contributed by atoms with Gasteiger partial charge in [0.05, 0.1) is 11.8 Å². The van der Waals surface area contributed by atoms with Crippen molar-refractivity contribution >= 4 is 10.8 Å². The number of aromatic nitrogens is 4. The molecule has 1 fully saturated rings. The molecule has 0 saturated heterocycles. The fourth-order valence-electron chi connectivity index (χ4n) is 2.00. The van der Waals surface area contributed by atoms with E-state index in [2.05, 4.69) is 27.7 Å². The van der Waals surface area contributed by atoms with Crippen molar-refractivity contribution in [2.24, 2.45) is 0 Å². The third kappa shape index (κ3) is 3.26. The number of hydrogen-bond donors (Lipinski definition) is 0. The first-order valence-electron chi connectivity index (χ1n) is 6.48. The second kappa shape index (κ2) is 5.61. The Hall–Kier alpha value is -1.56. The molecule has 0 radical (unpaired) electrons. The number of nitrogens with zero attached hydrogens (tertiary/aromatic N) is 4. The average molecular weight is 276 g/mol. The minimum atomic E-state index is -0.912. The van der Waals surface area contributed by atoms with Crippen LogP contribution in [0, 0.1) is 0 Å². The summed E-state index contributed by atoms with van der Waals surface area (Å²) >= 11 is 0. The molecule has 6 heteroatoms. The highest BCUT2D eigenvalue weighted by atomic mass is 32.2. The van der Waals surface area contributed by atoms with Crippen molar-refractivity contribution in [1.29, 1.82) is 0 Å². The molecule has 0 spiro atoms. The lowest BCUT2D eigenvalue weighted by Crippen LogP contribution is -2.10. The maximum Gasteiger partial charge on any atom is 0.164 e. The van der Waals surface area contributed by atoms with Crippen molar-refractivity contribution in [2.45, 2.75) is 31.1 Å². The molecule has 0 N–H and O–H groups in total. The number of rotatable bonds is 6. The number of benzene rings is 1. The summed E-state index contributed by atoms with van der Waals surface area (Å²) in [6.45, 7) is 0. The van der Waals surface area contributed by atoms with Gasteiger partial charge in [0, 0.05) is 16.6 Å². The van der Waals surface area contributed by atoms with E-state index >= 15 is 0 Å². The molecule has 19 heavy (non-hydrogen) atoms.